The molecule has 0 aromatic heterocycles. The highest BCUT2D eigenvalue weighted by Gasteiger charge is 2.28. The Hall–Kier alpha value is -3.13. The highest BCUT2D eigenvalue weighted by atomic mass is 28.3. The molecule has 0 spiro atoms. The van der Waals surface area contributed by atoms with Gasteiger partial charge in [-0.3, -0.25) is 14.4 Å². The fourth-order valence-corrected chi connectivity index (χ4v) is 4.82. The third-order valence-corrected chi connectivity index (χ3v) is 7.64. The van der Waals surface area contributed by atoms with E-state index in [1.807, 2.05) is 24.3 Å². The van der Waals surface area contributed by atoms with Gasteiger partial charge >= 0.3 is 0 Å². The molecule has 3 amide bonds. The summed E-state index contributed by atoms with van der Waals surface area (Å²) in [6, 6.07) is 14.1. The molecule has 170 valence electrons. The Bertz CT molecular complexity index is 968. The second-order valence-electron chi connectivity index (χ2n) is 9.17. The van der Waals surface area contributed by atoms with Crippen LogP contribution in [0.4, 0.5) is 5.69 Å². The summed E-state index contributed by atoms with van der Waals surface area (Å²) in [4.78, 5) is 37.3. The van der Waals surface area contributed by atoms with E-state index in [4.69, 9.17) is 4.74 Å². The van der Waals surface area contributed by atoms with Crippen LogP contribution in [-0.4, -0.2) is 39.4 Å². The van der Waals surface area contributed by atoms with Gasteiger partial charge in [0.15, 0.2) is 0 Å². The van der Waals surface area contributed by atoms with Crippen LogP contribution in [0.25, 0.3) is 0 Å². The summed E-state index contributed by atoms with van der Waals surface area (Å²) >= 11 is 0. The van der Waals surface area contributed by atoms with E-state index in [9.17, 15) is 14.4 Å². The standard InChI is InChI=1S/C24H31N3O4Si/c1-31-19-9-5-17(6-10-19)23(27-22(29)14-16-13-21(28)25-15-16)24(30)26-18-7-11-20(12-8-18)32(2,3)4/h5-12,16,23H,13-15H2,1-4H3,(H,25,28)(H,26,30)(H,27,29). The van der Waals surface area contributed by atoms with Crippen molar-refractivity contribution in [2.75, 3.05) is 19.0 Å². The van der Waals surface area contributed by atoms with Crippen LogP contribution < -0.4 is 25.9 Å². The van der Waals surface area contributed by atoms with Crippen LogP contribution in [0.5, 0.6) is 5.75 Å². The first-order valence-electron chi connectivity index (χ1n) is 10.8. The third kappa shape index (κ3) is 6.20. The third-order valence-electron chi connectivity index (χ3n) is 5.57. The predicted molar refractivity (Wildman–Crippen MR) is 128 cm³/mol. The van der Waals surface area contributed by atoms with Crippen molar-refractivity contribution in [3.63, 3.8) is 0 Å². The van der Waals surface area contributed by atoms with E-state index in [1.165, 1.54) is 5.19 Å². The van der Waals surface area contributed by atoms with Crippen molar-refractivity contribution in [3.8, 4) is 5.75 Å². The van der Waals surface area contributed by atoms with Crippen molar-refractivity contribution in [2.45, 2.75) is 38.5 Å². The lowest BCUT2D eigenvalue weighted by molar-refractivity contribution is -0.127. The number of nitrogens with one attached hydrogen (secondary N) is 3. The SMILES string of the molecule is COc1ccc(C(NC(=O)CC2CNC(=O)C2)C(=O)Nc2ccc([Si](C)(C)C)cc2)cc1. The van der Waals surface area contributed by atoms with Gasteiger partial charge in [-0.15, -0.1) is 0 Å². The first-order chi connectivity index (χ1) is 15.2. The second kappa shape index (κ2) is 9.99. The maximum absolute atomic E-state index is 13.2. The van der Waals surface area contributed by atoms with Crippen molar-refractivity contribution in [3.05, 3.63) is 54.1 Å². The molecule has 2 aromatic carbocycles. The highest BCUT2D eigenvalue weighted by Crippen LogP contribution is 2.21. The Morgan fingerprint density at radius 3 is 2.28 bits per heavy atom. The molecule has 32 heavy (non-hydrogen) atoms. The quantitative estimate of drug-likeness (QED) is 0.535. The zero-order chi connectivity index (χ0) is 23.3. The summed E-state index contributed by atoms with van der Waals surface area (Å²) in [5.41, 5.74) is 1.33. The Morgan fingerprint density at radius 1 is 1.09 bits per heavy atom. The molecule has 3 N–H and O–H groups in total. The number of carbonyl (C=O) groups excluding carboxylic acids is 3. The molecule has 2 atom stereocenters. The summed E-state index contributed by atoms with van der Waals surface area (Å²) in [6.45, 7) is 7.28. The maximum Gasteiger partial charge on any atom is 0.251 e. The summed E-state index contributed by atoms with van der Waals surface area (Å²) in [7, 11) is 0.136. The van der Waals surface area contributed by atoms with Crippen molar-refractivity contribution < 1.29 is 19.1 Å². The Morgan fingerprint density at radius 2 is 1.75 bits per heavy atom. The van der Waals surface area contributed by atoms with Crippen molar-refractivity contribution in [1.82, 2.24) is 10.6 Å². The van der Waals surface area contributed by atoms with E-state index in [2.05, 4.69) is 35.6 Å². The first kappa shape index (κ1) is 23.5. The van der Waals surface area contributed by atoms with E-state index in [1.54, 1.807) is 31.4 Å². The molecule has 1 fully saturated rings. The first-order valence-corrected chi connectivity index (χ1v) is 14.3. The van der Waals surface area contributed by atoms with Crippen LogP contribution in [0.15, 0.2) is 48.5 Å². The number of rotatable bonds is 8. The van der Waals surface area contributed by atoms with Gasteiger partial charge in [0.2, 0.25) is 11.8 Å². The topological polar surface area (TPSA) is 96.5 Å². The molecule has 3 rings (SSSR count). The van der Waals surface area contributed by atoms with Crippen LogP contribution in [-0.2, 0) is 14.4 Å². The van der Waals surface area contributed by atoms with Gasteiger partial charge in [-0.1, -0.05) is 49.1 Å². The van der Waals surface area contributed by atoms with Gasteiger partial charge in [0, 0.05) is 25.1 Å². The molecule has 2 unspecified atom stereocenters. The molecule has 7 nitrogen and oxygen atoms in total. The van der Waals surface area contributed by atoms with Gasteiger partial charge in [-0.05, 0) is 35.7 Å². The lowest BCUT2D eigenvalue weighted by Gasteiger charge is -2.21. The van der Waals surface area contributed by atoms with Crippen molar-refractivity contribution in [2.24, 2.45) is 5.92 Å². The molecular weight excluding hydrogens is 422 g/mol. The Labute approximate surface area is 189 Å². The van der Waals surface area contributed by atoms with Gasteiger partial charge in [-0.2, -0.15) is 0 Å². The minimum Gasteiger partial charge on any atom is -0.497 e. The lowest BCUT2D eigenvalue weighted by atomic mass is 10.0. The number of amides is 3. The minimum absolute atomic E-state index is 0.0472. The van der Waals surface area contributed by atoms with Crippen LogP contribution >= 0.6 is 0 Å². The van der Waals surface area contributed by atoms with Crippen LogP contribution in [0.1, 0.15) is 24.4 Å². The molecule has 8 heteroatoms. The van der Waals surface area contributed by atoms with E-state index in [0.29, 0.717) is 30.0 Å². The smallest absolute Gasteiger partial charge is 0.251 e. The maximum atomic E-state index is 13.2. The molecule has 1 saturated heterocycles. The average molecular weight is 454 g/mol. The Kier molecular flexibility index (Phi) is 7.35. The van der Waals surface area contributed by atoms with Crippen molar-refractivity contribution in [1.29, 1.82) is 0 Å². The number of anilines is 1. The number of hydrogen-bond acceptors (Lipinski definition) is 4. The minimum atomic E-state index is -1.44. The van der Waals surface area contributed by atoms with Gasteiger partial charge in [0.05, 0.1) is 15.2 Å². The zero-order valence-electron chi connectivity index (χ0n) is 19.0. The Balaban J connectivity index is 1.75. The molecular formula is C24H31N3O4Si. The lowest BCUT2D eigenvalue weighted by Crippen LogP contribution is -2.38. The van der Waals surface area contributed by atoms with Gasteiger partial charge < -0.3 is 20.7 Å². The van der Waals surface area contributed by atoms with Crippen LogP contribution in [0, 0.1) is 5.92 Å². The van der Waals surface area contributed by atoms with E-state index < -0.39 is 14.1 Å². The van der Waals surface area contributed by atoms with Gasteiger partial charge in [0.1, 0.15) is 11.8 Å². The predicted octanol–water partition coefficient (Wildman–Crippen LogP) is 2.56. The van der Waals surface area contributed by atoms with E-state index >= 15 is 0 Å². The van der Waals surface area contributed by atoms with Crippen molar-refractivity contribution >= 4 is 36.7 Å². The normalized spacial score (nSPS) is 16.8. The van der Waals surface area contributed by atoms with E-state index in [-0.39, 0.29) is 30.1 Å². The molecule has 1 aliphatic rings. The van der Waals surface area contributed by atoms with Crippen LogP contribution in [0.3, 0.4) is 0 Å². The monoisotopic (exact) mass is 453 g/mol. The second-order valence-corrected chi connectivity index (χ2v) is 14.2. The zero-order valence-corrected chi connectivity index (χ0v) is 20.0. The molecule has 0 aliphatic carbocycles. The summed E-state index contributed by atoms with van der Waals surface area (Å²) in [6.07, 6.45) is 0.514. The molecule has 1 aliphatic heterocycles. The summed E-state index contributed by atoms with van der Waals surface area (Å²) in [5, 5.41) is 9.80. The number of hydrogen-bond donors (Lipinski definition) is 3. The number of methoxy groups -OCH3 is 1. The fourth-order valence-electron chi connectivity index (χ4n) is 3.66. The molecule has 2 aromatic rings. The average Bonchev–Trinajstić information content (AvgIpc) is 3.16. The number of benzene rings is 2. The molecule has 0 bridgehead atoms. The molecule has 1 heterocycles. The van der Waals surface area contributed by atoms with Gasteiger partial charge in [0.25, 0.3) is 5.91 Å². The largest absolute Gasteiger partial charge is 0.497 e. The summed E-state index contributed by atoms with van der Waals surface area (Å²) < 4.78 is 5.20. The molecule has 0 saturated carbocycles. The number of carbonyl (C=O) groups is 3. The van der Waals surface area contributed by atoms with Crippen LogP contribution in [0.2, 0.25) is 19.6 Å². The fraction of sp³-hybridized carbons (Fsp3) is 0.375. The van der Waals surface area contributed by atoms with E-state index in [0.717, 1.165) is 0 Å². The highest BCUT2D eigenvalue weighted by molar-refractivity contribution is 6.88. The molecule has 0 radical (unpaired) electrons. The van der Waals surface area contributed by atoms with Gasteiger partial charge in [-0.25, -0.2) is 0 Å². The number of ether oxygens (including phenoxy) is 1. The summed E-state index contributed by atoms with van der Waals surface area (Å²) in [5.74, 6) is -0.0386.